The summed E-state index contributed by atoms with van der Waals surface area (Å²) in [5.41, 5.74) is 3.17. The van der Waals surface area contributed by atoms with E-state index in [2.05, 4.69) is 0 Å². The quantitative estimate of drug-likeness (QED) is 0.124. The summed E-state index contributed by atoms with van der Waals surface area (Å²) < 4.78 is 0. The highest BCUT2D eigenvalue weighted by atomic mass is 35.5. The second-order valence-corrected chi connectivity index (χ2v) is 16.5. The van der Waals surface area contributed by atoms with Gasteiger partial charge in [0.25, 0.3) is 11.8 Å². The highest BCUT2D eigenvalue weighted by Gasteiger charge is 2.72. The van der Waals surface area contributed by atoms with Gasteiger partial charge in [-0.2, -0.15) is 0 Å². The van der Waals surface area contributed by atoms with Gasteiger partial charge in [0.05, 0.1) is 23.0 Å². The van der Waals surface area contributed by atoms with Crippen LogP contribution in [0.15, 0.2) is 168 Å². The Morgan fingerprint density at radius 1 is 0.569 bits per heavy atom. The maximum Gasteiger partial charge on any atom is 0.250 e. The van der Waals surface area contributed by atoms with Gasteiger partial charge in [-0.25, -0.2) is 0 Å². The van der Waals surface area contributed by atoms with Crippen molar-refractivity contribution in [2.45, 2.75) is 17.9 Å². The van der Waals surface area contributed by atoms with E-state index >= 15 is 9.59 Å². The van der Waals surface area contributed by atoms with Crippen molar-refractivity contribution < 1.29 is 14.4 Å². The molecule has 6 nitrogen and oxygen atoms in total. The zero-order valence-electron chi connectivity index (χ0n) is 30.4. The highest BCUT2D eigenvalue weighted by molar-refractivity contribution is 7.81. The van der Waals surface area contributed by atoms with Gasteiger partial charge in [0.2, 0.25) is 0 Å². The smallest absolute Gasteiger partial charge is 0.250 e. The molecule has 0 radical (unpaired) electrons. The monoisotopic (exact) mass is 857 g/mol. The Bertz CT molecular complexity index is 2540. The molecule has 4 unspecified atom stereocenters. The molecule has 0 N–H and O–H groups in total. The Morgan fingerprint density at radius 2 is 1.00 bits per heavy atom. The highest BCUT2D eigenvalue weighted by Crippen LogP contribution is 2.65. The number of fused-ring (bicyclic) bond motifs is 1. The summed E-state index contributed by atoms with van der Waals surface area (Å²) in [6.45, 7) is 0. The van der Waals surface area contributed by atoms with E-state index < -0.39 is 41.1 Å². The molecule has 1 spiro atoms. The average molecular weight is 860 g/mol. The lowest BCUT2D eigenvalue weighted by Gasteiger charge is -2.56. The maximum absolute atomic E-state index is 16.5. The number of oxime groups is 1. The SMILES string of the molecule is O=C1N(c2ccccc2)C(=S)N(c2ccccc2)C(=O)C12C(c1ccc(Cl)cc1)/C(=C/c1ccc(Cl)cc1)C1=NOC(c3ccc(Cl)cc3)C1C2c1ccc(Cl)cc1. The van der Waals surface area contributed by atoms with Gasteiger partial charge in [0, 0.05) is 31.9 Å². The van der Waals surface area contributed by atoms with Crippen molar-refractivity contribution in [3.05, 3.63) is 206 Å². The maximum atomic E-state index is 16.5. The second kappa shape index (κ2) is 15.5. The molecule has 286 valence electrons. The van der Waals surface area contributed by atoms with E-state index in [4.69, 9.17) is 68.6 Å². The third-order valence-electron chi connectivity index (χ3n) is 11.2. The average Bonchev–Trinajstić information content (AvgIpc) is 3.68. The number of carbonyl (C=O) groups excluding carboxylic acids is 2. The molecule has 4 atom stereocenters. The number of nitrogens with zero attached hydrogens (tertiary/aromatic N) is 3. The van der Waals surface area contributed by atoms with Crippen molar-refractivity contribution in [2.75, 3.05) is 9.80 Å². The van der Waals surface area contributed by atoms with Crippen molar-refractivity contribution in [1.29, 1.82) is 0 Å². The Kier molecular flexibility index (Phi) is 10.2. The number of thiocarbonyl (C=S) groups is 1. The minimum atomic E-state index is -1.95. The Morgan fingerprint density at radius 3 is 1.48 bits per heavy atom. The van der Waals surface area contributed by atoms with E-state index in [0.29, 0.717) is 53.9 Å². The van der Waals surface area contributed by atoms with Gasteiger partial charge in [-0.05, 0) is 119 Å². The van der Waals surface area contributed by atoms with Gasteiger partial charge < -0.3 is 4.84 Å². The largest absolute Gasteiger partial charge is 0.387 e. The van der Waals surface area contributed by atoms with Crippen molar-refractivity contribution in [2.24, 2.45) is 16.5 Å². The molecule has 1 aliphatic carbocycles. The molecule has 1 saturated heterocycles. The standard InChI is InChI=1S/C47H31Cl4N3O3S/c48-32-19-11-28(12-20-32)27-38-40(29-13-21-33(49)22-14-29)47(44(55)53(36-7-3-1-4-8-36)46(58)54(45(47)56)37-9-5-2-6-10-37)41(30-15-23-34(50)24-16-30)39-42(38)52-57-43(39)31-17-25-35(51)26-18-31/h1-27,39-41,43H/b38-27-. The zero-order valence-corrected chi connectivity index (χ0v) is 34.2. The van der Waals surface area contributed by atoms with E-state index in [9.17, 15) is 0 Å². The zero-order chi connectivity index (χ0) is 40.1. The number of allylic oxidation sites excluding steroid dienone is 1. The fraction of sp³-hybridized carbons (Fsp3) is 0.106. The molecule has 9 rings (SSSR count). The Balaban J connectivity index is 1.44. The lowest BCUT2D eigenvalue weighted by atomic mass is 9.48. The number of para-hydroxylation sites is 2. The molecule has 58 heavy (non-hydrogen) atoms. The molecule has 6 aromatic rings. The van der Waals surface area contributed by atoms with Crippen LogP contribution in [0.1, 0.15) is 40.2 Å². The fourth-order valence-electron chi connectivity index (χ4n) is 8.73. The van der Waals surface area contributed by atoms with Crippen LogP contribution in [0.2, 0.25) is 20.1 Å². The van der Waals surface area contributed by atoms with Gasteiger partial charge in [-0.15, -0.1) is 0 Å². The summed E-state index contributed by atoms with van der Waals surface area (Å²) in [7, 11) is 0. The van der Waals surface area contributed by atoms with E-state index in [-0.39, 0.29) is 5.11 Å². The lowest BCUT2D eigenvalue weighted by molar-refractivity contribution is -0.145. The number of hydrogen-bond acceptors (Lipinski definition) is 5. The molecule has 2 aliphatic heterocycles. The predicted octanol–water partition coefficient (Wildman–Crippen LogP) is 12.4. The van der Waals surface area contributed by atoms with Crippen LogP contribution in [0, 0.1) is 11.3 Å². The molecule has 2 fully saturated rings. The summed E-state index contributed by atoms with van der Waals surface area (Å²) in [6.07, 6.45) is 1.23. The van der Waals surface area contributed by atoms with E-state index in [1.807, 2.05) is 115 Å². The number of hydrogen-bond donors (Lipinski definition) is 0. The summed E-state index contributed by atoms with van der Waals surface area (Å²) in [4.78, 5) is 42.5. The van der Waals surface area contributed by atoms with E-state index in [1.54, 1.807) is 48.5 Å². The van der Waals surface area contributed by atoms with Crippen molar-refractivity contribution in [3.8, 4) is 0 Å². The number of rotatable bonds is 6. The van der Waals surface area contributed by atoms with Crippen LogP contribution in [0.3, 0.4) is 0 Å². The van der Waals surface area contributed by atoms with E-state index in [1.165, 1.54) is 9.80 Å². The lowest BCUT2D eigenvalue weighted by Crippen LogP contribution is -2.71. The summed E-state index contributed by atoms with van der Waals surface area (Å²) in [5.74, 6) is -3.56. The van der Waals surface area contributed by atoms with Crippen LogP contribution in [-0.2, 0) is 14.4 Å². The first-order valence-corrected chi connectivity index (χ1v) is 20.4. The summed E-state index contributed by atoms with van der Waals surface area (Å²) >= 11 is 32.1. The predicted molar refractivity (Wildman–Crippen MR) is 237 cm³/mol. The number of amides is 2. The summed E-state index contributed by atoms with van der Waals surface area (Å²) in [6, 6.07) is 47.7. The van der Waals surface area contributed by atoms with Crippen LogP contribution in [0.5, 0.6) is 0 Å². The van der Waals surface area contributed by atoms with Crippen LogP contribution >= 0.6 is 58.6 Å². The van der Waals surface area contributed by atoms with Crippen LogP contribution in [0.25, 0.3) is 6.08 Å². The third kappa shape index (κ3) is 6.42. The normalized spacial score (nSPS) is 21.9. The van der Waals surface area contributed by atoms with Crippen molar-refractivity contribution in [1.82, 2.24) is 0 Å². The minimum absolute atomic E-state index is 0.0300. The molecule has 2 amide bonds. The van der Waals surface area contributed by atoms with Crippen LogP contribution in [0.4, 0.5) is 11.4 Å². The molecular formula is C47H31Cl4N3O3S. The first kappa shape index (κ1) is 38.2. The molecule has 3 aliphatic rings. The first-order chi connectivity index (χ1) is 28.2. The van der Waals surface area contributed by atoms with Gasteiger partial charge in [0.1, 0.15) is 5.41 Å². The minimum Gasteiger partial charge on any atom is -0.387 e. The topological polar surface area (TPSA) is 62.2 Å². The fourth-order valence-corrected chi connectivity index (χ4v) is 9.61. The molecule has 0 aromatic heterocycles. The van der Waals surface area contributed by atoms with Crippen LogP contribution in [-0.4, -0.2) is 22.6 Å². The molecule has 11 heteroatoms. The number of carbonyl (C=O) groups is 2. The molecule has 0 bridgehead atoms. The number of anilines is 2. The molecule has 6 aromatic carbocycles. The number of halogens is 4. The van der Waals surface area contributed by atoms with Crippen LogP contribution < -0.4 is 9.80 Å². The summed E-state index contributed by atoms with van der Waals surface area (Å²) in [5, 5.41) is 7.01. The van der Waals surface area contributed by atoms with Gasteiger partial charge >= 0.3 is 0 Å². The van der Waals surface area contributed by atoms with Gasteiger partial charge in [-0.1, -0.05) is 136 Å². The van der Waals surface area contributed by atoms with E-state index in [0.717, 1.165) is 11.1 Å². The molecule has 1 saturated carbocycles. The van der Waals surface area contributed by atoms with Crippen molar-refractivity contribution in [3.63, 3.8) is 0 Å². The third-order valence-corrected chi connectivity index (χ3v) is 12.5. The molecule has 2 heterocycles. The van der Waals surface area contributed by atoms with Gasteiger partial charge in [-0.3, -0.25) is 19.4 Å². The Labute approximate surface area is 360 Å². The second-order valence-electron chi connectivity index (χ2n) is 14.3. The van der Waals surface area contributed by atoms with Crippen molar-refractivity contribution >= 4 is 98.7 Å². The first-order valence-electron chi connectivity index (χ1n) is 18.5. The molecular weight excluding hydrogens is 828 g/mol. The Hall–Kier alpha value is -5.28. The number of benzene rings is 6. The van der Waals surface area contributed by atoms with Gasteiger partial charge in [0.15, 0.2) is 11.2 Å².